The summed E-state index contributed by atoms with van der Waals surface area (Å²) < 4.78 is 11.4. The smallest absolute Gasteiger partial charge is 0.192 e. The summed E-state index contributed by atoms with van der Waals surface area (Å²) in [7, 11) is 0. The van der Waals surface area contributed by atoms with Gasteiger partial charge >= 0.3 is 0 Å². The lowest BCUT2D eigenvalue weighted by Crippen LogP contribution is -2.38. The quantitative estimate of drug-likeness (QED) is 0.288. The number of halogens is 1. The first-order valence-electron chi connectivity index (χ1n) is 9.14. The van der Waals surface area contributed by atoms with Crippen molar-refractivity contribution in [1.82, 2.24) is 10.6 Å². The van der Waals surface area contributed by atoms with Gasteiger partial charge in [-0.3, -0.25) is 0 Å². The van der Waals surface area contributed by atoms with Crippen molar-refractivity contribution in [2.24, 2.45) is 4.99 Å². The molecule has 1 aromatic heterocycles. The van der Waals surface area contributed by atoms with Gasteiger partial charge in [0.1, 0.15) is 0 Å². The molecule has 27 heavy (non-hydrogen) atoms. The highest BCUT2D eigenvalue weighted by Gasteiger charge is 2.12. The molecule has 7 heteroatoms. The van der Waals surface area contributed by atoms with Crippen molar-refractivity contribution in [2.45, 2.75) is 40.3 Å². The Balaban J connectivity index is 0.00000364. The van der Waals surface area contributed by atoms with Crippen LogP contribution in [0.25, 0.3) is 0 Å². The third kappa shape index (κ3) is 7.57. The molecule has 2 N–H and O–H groups in total. The SMILES string of the molecule is CCNC(=NCc1cccs1)NC(C)c1ccc(OCC)c(OCC)c1.I. The second-order valence-electron chi connectivity index (χ2n) is 5.71. The average molecular weight is 503 g/mol. The van der Waals surface area contributed by atoms with E-state index in [0.717, 1.165) is 29.6 Å². The van der Waals surface area contributed by atoms with Crippen LogP contribution < -0.4 is 20.1 Å². The molecule has 0 radical (unpaired) electrons. The average Bonchev–Trinajstić information content (AvgIpc) is 3.15. The number of hydrogen-bond acceptors (Lipinski definition) is 4. The summed E-state index contributed by atoms with van der Waals surface area (Å²) in [6.07, 6.45) is 0. The molecule has 150 valence electrons. The zero-order chi connectivity index (χ0) is 18.8. The lowest BCUT2D eigenvalue weighted by molar-refractivity contribution is 0.287. The number of ether oxygens (including phenoxy) is 2. The van der Waals surface area contributed by atoms with Crippen LogP contribution in [0.2, 0.25) is 0 Å². The molecule has 1 heterocycles. The molecular formula is C20H30IN3O2S. The third-order valence-electron chi connectivity index (χ3n) is 3.74. The van der Waals surface area contributed by atoms with Crippen LogP contribution in [0.1, 0.15) is 44.2 Å². The second-order valence-corrected chi connectivity index (χ2v) is 6.74. The normalized spacial score (nSPS) is 12.1. The molecule has 5 nitrogen and oxygen atoms in total. The van der Waals surface area contributed by atoms with Crippen LogP contribution in [0.5, 0.6) is 11.5 Å². The Morgan fingerprint density at radius 3 is 2.48 bits per heavy atom. The standard InChI is InChI=1S/C20H29N3O2S.HI/c1-5-21-20(22-14-17-9-8-12-26-17)23-15(4)16-10-11-18(24-6-2)19(13-16)25-7-3;/h8-13,15H,5-7,14H2,1-4H3,(H2,21,22,23);1H. The topological polar surface area (TPSA) is 54.9 Å². The van der Waals surface area contributed by atoms with Gasteiger partial charge in [0, 0.05) is 11.4 Å². The predicted octanol–water partition coefficient (Wildman–Crippen LogP) is 4.98. The minimum absolute atomic E-state index is 0. The van der Waals surface area contributed by atoms with Crippen molar-refractivity contribution in [3.63, 3.8) is 0 Å². The molecule has 1 atom stereocenters. The fourth-order valence-electron chi connectivity index (χ4n) is 2.50. The van der Waals surface area contributed by atoms with Crippen molar-refractivity contribution in [1.29, 1.82) is 0 Å². The summed E-state index contributed by atoms with van der Waals surface area (Å²) >= 11 is 1.72. The van der Waals surface area contributed by atoms with Gasteiger partial charge in [-0.05, 0) is 56.8 Å². The summed E-state index contributed by atoms with van der Waals surface area (Å²) in [6, 6.07) is 10.3. The molecule has 0 bridgehead atoms. The number of guanidine groups is 1. The van der Waals surface area contributed by atoms with E-state index in [2.05, 4.69) is 47.0 Å². The largest absolute Gasteiger partial charge is 0.490 e. The molecule has 2 aromatic rings. The van der Waals surface area contributed by atoms with E-state index in [1.54, 1.807) is 11.3 Å². The Labute approximate surface area is 183 Å². The van der Waals surface area contributed by atoms with Crippen molar-refractivity contribution >= 4 is 41.3 Å². The van der Waals surface area contributed by atoms with Gasteiger partial charge in [0.2, 0.25) is 0 Å². The van der Waals surface area contributed by atoms with Gasteiger partial charge in [-0.2, -0.15) is 0 Å². The molecule has 0 saturated heterocycles. The molecule has 1 unspecified atom stereocenters. The van der Waals surface area contributed by atoms with Gasteiger partial charge in [0.25, 0.3) is 0 Å². The van der Waals surface area contributed by atoms with E-state index in [1.165, 1.54) is 4.88 Å². The Morgan fingerprint density at radius 1 is 1.11 bits per heavy atom. The Bertz CT molecular complexity index is 693. The number of hydrogen-bond donors (Lipinski definition) is 2. The molecule has 1 aromatic carbocycles. The van der Waals surface area contributed by atoms with E-state index < -0.39 is 0 Å². The zero-order valence-corrected chi connectivity index (χ0v) is 19.6. The molecule has 2 rings (SSSR count). The van der Waals surface area contributed by atoms with Crippen LogP contribution in [-0.2, 0) is 6.54 Å². The van der Waals surface area contributed by atoms with Gasteiger partial charge in [0.05, 0.1) is 25.8 Å². The van der Waals surface area contributed by atoms with Gasteiger partial charge in [0.15, 0.2) is 17.5 Å². The number of nitrogens with one attached hydrogen (secondary N) is 2. The maximum atomic E-state index is 5.73. The molecule has 0 aliphatic rings. The Hall–Kier alpha value is -1.48. The molecule has 0 saturated carbocycles. The molecule has 0 spiro atoms. The fraction of sp³-hybridized carbons (Fsp3) is 0.450. The van der Waals surface area contributed by atoms with E-state index in [9.17, 15) is 0 Å². The minimum atomic E-state index is 0. The Morgan fingerprint density at radius 2 is 1.85 bits per heavy atom. The van der Waals surface area contributed by atoms with E-state index in [4.69, 9.17) is 9.47 Å². The molecule has 0 aliphatic carbocycles. The van der Waals surface area contributed by atoms with Crippen LogP contribution in [0, 0.1) is 0 Å². The van der Waals surface area contributed by atoms with Crippen LogP contribution in [0.3, 0.4) is 0 Å². The number of aliphatic imine (C=N–C) groups is 1. The van der Waals surface area contributed by atoms with Gasteiger partial charge < -0.3 is 20.1 Å². The van der Waals surface area contributed by atoms with E-state index in [1.807, 2.05) is 32.0 Å². The summed E-state index contributed by atoms with van der Waals surface area (Å²) in [5.74, 6) is 2.37. The monoisotopic (exact) mass is 503 g/mol. The van der Waals surface area contributed by atoms with Crippen LogP contribution >= 0.6 is 35.3 Å². The Kier molecular flexibility index (Phi) is 11.2. The van der Waals surface area contributed by atoms with Crippen molar-refractivity contribution in [3.05, 3.63) is 46.2 Å². The van der Waals surface area contributed by atoms with Crippen LogP contribution in [0.15, 0.2) is 40.7 Å². The lowest BCUT2D eigenvalue weighted by Gasteiger charge is -2.20. The van der Waals surface area contributed by atoms with Crippen molar-refractivity contribution in [3.8, 4) is 11.5 Å². The van der Waals surface area contributed by atoms with Crippen molar-refractivity contribution < 1.29 is 9.47 Å². The molecule has 0 fully saturated rings. The first kappa shape index (κ1) is 23.6. The number of rotatable bonds is 9. The summed E-state index contributed by atoms with van der Waals surface area (Å²) in [5, 5.41) is 8.84. The molecular weight excluding hydrogens is 473 g/mol. The highest BCUT2D eigenvalue weighted by molar-refractivity contribution is 14.0. The maximum absolute atomic E-state index is 5.73. The highest BCUT2D eigenvalue weighted by atomic mass is 127. The first-order valence-corrected chi connectivity index (χ1v) is 10.0. The van der Waals surface area contributed by atoms with Gasteiger partial charge in [-0.25, -0.2) is 4.99 Å². The third-order valence-corrected chi connectivity index (χ3v) is 4.60. The second kappa shape index (κ2) is 12.8. The molecule has 0 amide bonds. The summed E-state index contributed by atoms with van der Waals surface area (Å²) in [5.41, 5.74) is 1.12. The van der Waals surface area contributed by atoms with Crippen LogP contribution in [0.4, 0.5) is 0 Å². The van der Waals surface area contributed by atoms with E-state index in [0.29, 0.717) is 19.8 Å². The number of nitrogens with zero attached hydrogens (tertiary/aromatic N) is 1. The predicted molar refractivity (Wildman–Crippen MR) is 125 cm³/mol. The number of thiophene rings is 1. The van der Waals surface area contributed by atoms with Crippen LogP contribution in [-0.4, -0.2) is 25.7 Å². The zero-order valence-electron chi connectivity index (χ0n) is 16.5. The first-order chi connectivity index (χ1) is 12.7. The summed E-state index contributed by atoms with van der Waals surface area (Å²) in [6.45, 7) is 10.8. The van der Waals surface area contributed by atoms with Crippen molar-refractivity contribution in [2.75, 3.05) is 19.8 Å². The van der Waals surface area contributed by atoms with E-state index >= 15 is 0 Å². The molecule has 0 aliphatic heterocycles. The maximum Gasteiger partial charge on any atom is 0.192 e. The van der Waals surface area contributed by atoms with Gasteiger partial charge in [-0.1, -0.05) is 12.1 Å². The minimum Gasteiger partial charge on any atom is -0.490 e. The lowest BCUT2D eigenvalue weighted by atomic mass is 10.1. The number of benzene rings is 1. The summed E-state index contributed by atoms with van der Waals surface area (Å²) in [4.78, 5) is 5.92. The highest BCUT2D eigenvalue weighted by Crippen LogP contribution is 2.30. The van der Waals surface area contributed by atoms with Gasteiger partial charge in [-0.15, -0.1) is 35.3 Å². The van der Waals surface area contributed by atoms with E-state index in [-0.39, 0.29) is 30.0 Å². The fourth-order valence-corrected chi connectivity index (χ4v) is 3.13.